The zero-order valence-corrected chi connectivity index (χ0v) is 13.8. The first-order valence-corrected chi connectivity index (χ1v) is 9.07. The van der Waals surface area contributed by atoms with E-state index in [1.807, 2.05) is 38.1 Å². The third-order valence-electron chi connectivity index (χ3n) is 3.34. The Morgan fingerprint density at radius 2 is 2.05 bits per heavy atom. The zero-order chi connectivity index (χ0) is 15.5. The van der Waals surface area contributed by atoms with Gasteiger partial charge in [0.1, 0.15) is 5.75 Å². The van der Waals surface area contributed by atoms with Crippen molar-refractivity contribution < 1.29 is 13.2 Å². The number of nitrogens with one attached hydrogen (secondary N) is 2. The van der Waals surface area contributed by atoms with Crippen molar-refractivity contribution in [1.29, 1.82) is 0 Å². The summed E-state index contributed by atoms with van der Waals surface area (Å²) in [6.45, 7) is 4.44. The second-order valence-electron chi connectivity index (χ2n) is 5.44. The van der Waals surface area contributed by atoms with Crippen molar-refractivity contribution in [3.05, 3.63) is 24.3 Å². The van der Waals surface area contributed by atoms with E-state index in [0.717, 1.165) is 11.4 Å². The van der Waals surface area contributed by atoms with Crippen LogP contribution in [0, 0.1) is 0 Å². The summed E-state index contributed by atoms with van der Waals surface area (Å²) in [6, 6.07) is 7.45. The minimum absolute atomic E-state index is 0.116. The molecule has 0 amide bonds. The lowest BCUT2D eigenvalue weighted by Crippen LogP contribution is -2.48. The molecule has 0 spiro atoms. The van der Waals surface area contributed by atoms with Crippen LogP contribution in [0.15, 0.2) is 24.3 Å². The van der Waals surface area contributed by atoms with E-state index in [1.165, 1.54) is 0 Å². The summed E-state index contributed by atoms with van der Waals surface area (Å²) in [4.78, 5) is 0. The summed E-state index contributed by atoms with van der Waals surface area (Å²) in [5, 5.41) is 6.60. The van der Waals surface area contributed by atoms with E-state index >= 15 is 0 Å². The Hall–Kier alpha value is -1.34. The molecular weight excluding hydrogens is 308 g/mol. The highest BCUT2D eigenvalue weighted by molar-refractivity contribution is 7.91. The van der Waals surface area contributed by atoms with Gasteiger partial charge in [-0.25, -0.2) is 8.42 Å². The van der Waals surface area contributed by atoms with Crippen LogP contribution in [0.4, 0.5) is 5.69 Å². The van der Waals surface area contributed by atoms with Crippen LogP contribution in [0.3, 0.4) is 0 Å². The molecule has 0 bridgehead atoms. The normalized spacial score (nSPS) is 23.5. The second-order valence-corrected chi connectivity index (χ2v) is 8.03. The topological polar surface area (TPSA) is 67.4 Å². The van der Waals surface area contributed by atoms with Gasteiger partial charge in [0.25, 0.3) is 0 Å². The Labute approximate surface area is 131 Å². The minimum atomic E-state index is -2.95. The molecule has 1 aromatic rings. The molecule has 5 nitrogen and oxygen atoms in total. The fourth-order valence-corrected chi connectivity index (χ4v) is 4.80. The van der Waals surface area contributed by atoms with Crippen LogP contribution in [-0.2, 0) is 9.84 Å². The molecule has 0 unspecified atom stereocenters. The van der Waals surface area contributed by atoms with Gasteiger partial charge >= 0.3 is 0 Å². The lowest BCUT2D eigenvalue weighted by atomic mass is 10.0. The van der Waals surface area contributed by atoms with Gasteiger partial charge in [0, 0.05) is 5.69 Å². The Morgan fingerprint density at radius 3 is 2.57 bits per heavy atom. The molecule has 0 saturated carbocycles. The van der Waals surface area contributed by atoms with E-state index in [-0.39, 0.29) is 11.5 Å². The summed E-state index contributed by atoms with van der Waals surface area (Å²) < 4.78 is 28.5. The number of anilines is 1. The van der Waals surface area contributed by atoms with Crippen molar-refractivity contribution >= 4 is 32.9 Å². The molecule has 0 aromatic heterocycles. The average molecular weight is 328 g/mol. The van der Waals surface area contributed by atoms with Crippen molar-refractivity contribution in [2.24, 2.45) is 0 Å². The van der Waals surface area contributed by atoms with E-state index in [0.29, 0.717) is 18.1 Å². The second kappa shape index (κ2) is 6.19. The highest BCUT2D eigenvalue weighted by Gasteiger charge is 2.38. The summed E-state index contributed by atoms with van der Waals surface area (Å²) in [5.41, 5.74) is 0.342. The SMILES string of the molecule is CCOc1ccc(NC(=S)N[C@]2(C)CCS(=O)(=O)C2)cc1. The molecule has 1 saturated heterocycles. The fourth-order valence-electron chi connectivity index (χ4n) is 2.35. The maximum atomic E-state index is 11.6. The average Bonchev–Trinajstić information content (AvgIpc) is 2.65. The quantitative estimate of drug-likeness (QED) is 0.824. The standard InChI is InChI=1S/C14H20N2O3S2/c1-3-19-12-6-4-11(5-7-12)15-13(20)16-14(2)8-9-21(17,18)10-14/h4-7H,3,8-10H2,1-2H3,(H2,15,16,20)/t14-/m1/s1. The van der Waals surface area contributed by atoms with E-state index in [1.54, 1.807) is 0 Å². The molecule has 1 aliphatic heterocycles. The van der Waals surface area contributed by atoms with Gasteiger partial charge in [-0.3, -0.25) is 0 Å². The molecule has 7 heteroatoms. The van der Waals surface area contributed by atoms with Crippen LogP contribution in [-0.4, -0.2) is 37.2 Å². The van der Waals surface area contributed by atoms with Crippen molar-refractivity contribution in [3.63, 3.8) is 0 Å². The minimum Gasteiger partial charge on any atom is -0.494 e. The van der Waals surface area contributed by atoms with Crippen LogP contribution in [0.1, 0.15) is 20.3 Å². The number of rotatable bonds is 4. The van der Waals surface area contributed by atoms with Crippen molar-refractivity contribution in [2.45, 2.75) is 25.8 Å². The van der Waals surface area contributed by atoms with Crippen LogP contribution >= 0.6 is 12.2 Å². The van der Waals surface area contributed by atoms with Gasteiger partial charge in [-0.15, -0.1) is 0 Å². The largest absolute Gasteiger partial charge is 0.494 e. The van der Waals surface area contributed by atoms with E-state index < -0.39 is 15.4 Å². The maximum Gasteiger partial charge on any atom is 0.171 e. The van der Waals surface area contributed by atoms with Crippen LogP contribution in [0.25, 0.3) is 0 Å². The molecule has 21 heavy (non-hydrogen) atoms. The molecule has 1 aliphatic rings. The predicted molar refractivity (Wildman–Crippen MR) is 88.6 cm³/mol. The third-order valence-corrected chi connectivity index (χ3v) is 5.45. The number of ether oxygens (including phenoxy) is 1. The predicted octanol–water partition coefficient (Wildman–Crippen LogP) is 1.95. The molecular formula is C14H20N2O3S2. The van der Waals surface area contributed by atoms with Gasteiger partial charge in [0.05, 0.1) is 23.7 Å². The molecule has 0 aliphatic carbocycles. The number of sulfone groups is 1. The Kier molecular flexibility index (Phi) is 4.73. The van der Waals surface area contributed by atoms with E-state index in [2.05, 4.69) is 10.6 Å². The number of hydrogen-bond donors (Lipinski definition) is 2. The Balaban J connectivity index is 1.93. The molecule has 2 N–H and O–H groups in total. The Morgan fingerprint density at radius 1 is 1.38 bits per heavy atom. The van der Waals surface area contributed by atoms with Crippen LogP contribution in [0.5, 0.6) is 5.75 Å². The molecule has 1 fully saturated rings. The highest BCUT2D eigenvalue weighted by atomic mass is 32.2. The lowest BCUT2D eigenvalue weighted by Gasteiger charge is -2.26. The maximum absolute atomic E-state index is 11.6. The van der Waals surface area contributed by atoms with Crippen LogP contribution < -0.4 is 15.4 Å². The fraction of sp³-hybridized carbons (Fsp3) is 0.500. The third kappa shape index (κ3) is 4.57. The van der Waals surface area contributed by atoms with Crippen molar-refractivity contribution in [2.75, 3.05) is 23.4 Å². The smallest absolute Gasteiger partial charge is 0.171 e. The zero-order valence-electron chi connectivity index (χ0n) is 12.2. The highest BCUT2D eigenvalue weighted by Crippen LogP contribution is 2.23. The summed E-state index contributed by atoms with van der Waals surface area (Å²) >= 11 is 5.26. The lowest BCUT2D eigenvalue weighted by molar-refractivity contribution is 0.340. The van der Waals surface area contributed by atoms with Gasteiger partial charge in [0.2, 0.25) is 0 Å². The first kappa shape index (κ1) is 16.0. The Bertz CT molecular complexity index is 614. The number of benzene rings is 1. The van der Waals surface area contributed by atoms with E-state index in [4.69, 9.17) is 17.0 Å². The van der Waals surface area contributed by atoms with Crippen molar-refractivity contribution in [1.82, 2.24) is 5.32 Å². The molecule has 1 heterocycles. The van der Waals surface area contributed by atoms with Gasteiger partial charge in [-0.1, -0.05) is 0 Å². The monoisotopic (exact) mass is 328 g/mol. The number of hydrogen-bond acceptors (Lipinski definition) is 4. The van der Waals surface area contributed by atoms with Gasteiger partial charge < -0.3 is 15.4 Å². The molecule has 2 rings (SSSR count). The van der Waals surface area contributed by atoms with E-state index in [9.17, 15) is 8.42 Å². The van der Waals surface area contributed by atoms with Crippen molar-refractivity contribution in [3.8, 4) is 5.75 Å². The molecule has 116 valence electrons. The van der Waals surface area contributed by atoms with Crippen LogP contribution in [0.2, 0.25) is 0 Å². The summed E-state index contributed by atoms with van der Waals surface area (Å²) in [5.74, 6) is 1.13. The molecule has 1 aromatic carbocycles. The summed E-state index contributed by atoms with van der Waals surface area (Å²) in [7, 11) is -2.95. The first-order valence-electron chi connectivity index (χ1n) is 6.84. The van der Waals surface area contributed by atoms with Gasteiger partial charge in [-0.05, 0) is 56.8 Å². The summed E-state index contributed by atoms with van der Waals surface area (Å²) in [6.07, 6.45) is 0.570. The molecule has 1 atom stereocenters. The van der Waals surface area contributed by atoms with Gasteiger partial charge in [0.15, 0.2) is 14.9 Å². The number of thiocarbonyl (C=S) groups is 1. The van der Waals surface area contributed by atoms with Gasteiger partial charge in [-0.2, -0.15) is 0 Å². The first-order chi connectivity index (χ1) is 9.82. The molecule has 0 radical (unpaired) electrons.